The molecule has 0 aliphatic rings. The van der Waals surface area contributed by atoms with Crippen molar-refractivity contribution >= 4 is 28.5 Å². The molecule has 0 aliphatic heterocycles. The van der Waals surface area contributed by atoms with Crippen LogP contribution in [0.3, 0.4) is 0 Å². The number of aromatic nitrogens is 2. The Labute approximate surface area is 180 Å². The Bertz CT molecular complexity index is 1100. The maximum absolute atomic E-state index is 12.4. The summed E-state index contributed by atoms with van der Waals surface area (Å²) in [6.07, 6.45) is 5.02. The van der Waals surface area contributed by atoms with Gasteiger partial charge in [-0.25, -0.2) is 4.98 Å². The van der Waals surface area contributed by atoms with Gasteiger partial charge >= 0.3 is 0 Å². The second kappa shape index (κ2) is 9.45. The maximum atomic E-state index is 12.4. The van der Waals surface area contributed by atoms with Crippen molar-refractivity contribution in [3.8, 4) is 22.8 Å². The van der Waals surface area contributed by atoms with Crippen LogP contribution in [0.15, 0.2) is 48.4 Å². The van der Waals surface area contributed by atoms with Crippen molar-refractivity contribution in [3.63, 3.8) is 0 Å². The highest BCUT2D eigenvalue weighted by molar-refractivity contribution is 7.14. The fraction of sp³-hybridized carbons (Fsp3) is 0.217. The summed E-state index contributed by atoms with van der Waals surface area (Å²) in [4.78, 5) is 17.0. The van der Waals surface area contributed by atoms with Crippen LogP contribution in [0.5, 0.6) is 11.5 Å². The number of carbonyl (C=O) groups excluding carboxylic acids is 1. The quantitative estimate of drug-likeness (QED) is 0.405. The number of thiazole rings is 1. The number of allylic oxidation sites excluding steroid dienone is 1. The molecule has 1 amide bonds. The van der Waals surface area contributed by atoms with Crippen molar-refractivity contribution in [1.82, 2.24) is 9.55 Å². The highest BCUT2D eigenvalue weighted by Crippen LogP contribution is 2.30. The van der Waals surface area contributed by atoms with Crippen molar-refractivity contribution in [1.29, 1.82) is 0 Å². The summed E-state index contributed by atoms with van der Waals surface area (Å²) < 4.78 is 12.7. The third kappa shape index (κ3) is 4.63. The average molecular weight is 424 g/mol. The topological polar surface area (TPSA) is 65.4 Å². The lowest BCUT2D eigenvalue weighted by molar-refractivity contribution is -0.111. The molecule has 6 nitrogen and oxygen atoms in total. The molecule has 0 bridgehead atoms. The molecule has 2 heterocycles. The minimum atomic E-state index is -0.266. The van der Waals surface area contributed by atoms with Gasteiger partial charge in [0.25, 0.3) is 0 Å². The van der Waals surface area contributed by atoms with Gasteiger partial charge in [-0.1, -0.05) is 6.08 Å². The molecular formula is C23H25N3O3S. The number of hydrogen-bond acceptors (Lipinski definition) is 5. The molecule has 0 fully saturated rings. The number of aryl methyl sites for hydroxylation is 1. The lowest BCUT2D eigenvalue weighted by Gasteiger charge is -2.07. The Morgan fingerprint density at radius 2 is 2.07 bits per heavy atom. The van der Waals surface area contributed by atoms with Gasteiger partial charge in [0.15, 0.2) is 5.13 Å². The number of amides is 1. The molecule has 3 rings (SSSR count). The van der Waals surface area contributed by atoms with Gasteiger partial charge in [-0.2, -0.15) is 0 Å². The zero-order chi connectivity index (χ0) is 21.7. The van der Waals surface area contributed by atoms with E-state index in [9.17, 15) is 4.79 Å². The minimum absolute atomic E-state index is 0.266. The molecule has 0 saturated heterocycles. The molecule has 0 unspecified atom stereocenters. The highest BCUT2D eigenvalue weighted by Gasteiger charge is 2.14. The second-order valence-electron chi connectivity index (χ2n) is 6.65. The van der Waals surface area contributed by atoms with Gasteiger partial charge in [0.1, 0.15) is 11.5 Å². The zero-order valence-corrected chi connectivity index (χ0v) is 18.4. The average Bonchev–Trinajstić information content (AvgIpc) is 3.31. The number of rotatable bonds is 8. The number of nitrogens with one attached hydrogen (secondary N) is 1. The van der Waals surface area contributed by atoms with E-state index in [0.29, 0.717) is 16.6 Å². The van der Waals surface area contributed by atoms with E-state index in [-0.39, 0.29) is 5.91 Å². The zero-order valence-electron chi connectivity index (χ0n) is 17.6. The van der Waals surface area contributed by atoms with Crippen LogP contribution in [0.2, 0.25) is 0 Å². The molecule has 1 aromatic carbocycles. The molecule has 1 N–H and O–H groups in total. The Balaban J connectivity index is 1.74. The van der Waals surface area contributed by atoms with Crippen LogP contribution < -0.4 is 14.8 Å². The molecule has 0 saturated carbocycles. The molecule has 7 heteroatoms. The Morgan fingerprint density at radius 1 is 1.27 bits per heavy atom. The number of anilines is 1. The van der Waals surface area contributed by atoms with Gasteiger partial charge in [0.05, 0.1) is 19.9 Å². The van der Waals surface area contributed by atoms with Crippen molar-refractivity contribution in [2.45, 2.75) is 20.4 Å². The summed E-state index contributed by atoms with van der Waals surface area (Å²) in [5.74, 6) is 1.08. The van der Waals surface area contributed by atoms with Crippen molar-refractivity contribution < 1.29 is 14.3 Å². The molecule has 0 aliphatic carbocycles. The first-order chi connectivity index (χ1) is 14.5. The molecule has 3 aromatic rings. The predicted molar refractivity (Wildman–Crippen MR) is 122 cm³/mol. The van der Waals surface area contributed by atoms with Crippen LogP contribution in [0.1, 0.15) is 17.0 Å². The monoisotopic (exact) mass is 423 g/mol. The number of nitrogens with zero attached hydrogens (tertiary/aromatic N) is 2. The molecule has 0 spiro atoms. The van der Waals surface area contributed by atoms with Crippen molar-refractivity contribution in [2.24, 2.45) is 0 Å². The number of methoxy groups -OCH3 is 2. The van der Waals surface area contributed by atoms with E-state index in [4.69, 9.17) is 9.47 Å². The van der Waals surface area contributed by atoms with E-state index in [0.717, 1.165) is 34.8 Å². The van der Waals surface area contributed by atoms with Crippen LogP contribution in [0.25, 0.3) is 17.3 Å². The third-order valence-electron chi connectivity index (χ3n) is 4.75. The van der Waals surface area contributed by atoms with E-state index < -0.39 is 0 Å². The fourth-order valence-corrected chi connectivity index (χ4v) is 3.92. The van der Waals surface area contributed by atoms with E-state index >= 15 is 0 Å². The summed E-state index contributed by atoms with van der Waals surface area (Å²) in [6, 6.07) is 7.52. The molecule has 156 valence electrons. The summed E-state index contributed by atoms with van der Waals surface area (Å²) in [5, 5.41) is 5.32. The van der Waals surface area contributed by atoms with Gasteiger partial charge in [0.2, 0.25) is 5.91 Å². The first-order valence-corrected chi connectivity index (χ1v) is 10.3. The van der Waals surface area contributed by atoms with E-state index in [1.165, 1.54) is 17.4 Å². The third-order valence-corrected chi connectivity index (χ3v) is 5.50. The van der Waals surface area contributed by atoms with Crippen LogP contribution in [0.4, 0.5) is 5.13 Å². The summed E-state index contributed by atoms with van der Waals surface area (Å²) >= 11 is 1.39. The minimum Gasteiger partial charge on any atom is -0.497 e. The molecule has 2 aromatic heterocycles. The summed E-state index contributed by atoms with van der Waals surface area (Å²) in [5.41, 5.74) is 4.93. The van der Waals surface area contributed by atoms with E-state index in [1.54, 1.807) is 32.4 Å². The van der Waals surface area contributed by atoms with Gasteiger partial charge in [-0.3, -0.25) is 10.1 Å². The highest BCUT2D eigenvalue weighted by atomic mass is 32.1. The maximum Gasteiger partial charge on any atom is 0.250 e. The number of benzene rings is 1. The van der Waals surface area contributed by atoms with Crippen molar-refractivity contribution in [2.75, 3.05) is 19.5 Å². The Morgan fingerprint density at radius 3 is 2.77 bits per heavy atom. The smallest absolute Gasteiger partial charge is 0.250 e. The Kier molecular flexibility index (Phi) is 6.74. The van der Waals surface area contributed by atoms with Gasteiger partial charge in [-0.15, -0.1) is 17.9 Å². The SMILES string of the molecule is C=CCn1c(C)cc(-c2csc(NC(=O)/C=C/c3cc(OC)ccc3OC)n2)c1C. The molecule has 30 heavy (non-hydrogen) atoms. The normalized spacial score (nSPS) is 10.9. The Hall–Kier alpha value is -3.32. The van der Waals surface area contributed by atoms with E-state index in [1.807, 2.05) is 17.5 Å². The first-order valence-electron chi connectivity index (χ1n) is 9.41. The van der Waals surface area contributed by atoms with Gasteiger partial charge in [0, 0.05) is 40.5 Å². The van der Waals surface area contributed by atoms with Crippen molar-refractivity contribution in [3.05, 3.63) is 65.3 Å². The number of carbonyl (C=O) groups is 1. The number of ether oxygens (including phenoxy) is 2. The van der Waals surface area contributed by atoms with Crippen LogP contribution in [0, 0.1) is 13.8 Å². The largest absolute Gasteiger partial charge is 0.497 e. The lowest BCUT2D eigenvalue weighted by atomic mass is 10.1. The number of hydrogen-bond donors (Lipinski definition) is 1. The molecular weight excluding hydrogens is 398 g/mol. The van der Waals surface area contributed by atoms with Crippen LogP contribution >= 0.6 is 11.3 Å². The predicted octanol–water partition coefficient (Wildman–Crippen LogP) is 5.08. The molecule has 0 atom stereocenters. The van der Waals surface area contributed by atoms with Gasteiger partial charge < -0.3 is 14.0 Å². The van der Waals surface area contributed by atoms with Crippen LogP contribution in [-0.4, -0.2) is 29.7 Å². The van der Waals surface area contributed by atoms with E-state index in [2.05, 4.69) is 41.4 Å². The fourth-order valence-electron chi connectivity index (χ4n) is 3.21. The second-order valence-corrected chi connectivity index (χ2v) is 7.51. The van der Waals surface area contributed by atoms with Crippen LogP contribution in [-0.2, 0) is 11.3 Å². The first kappa shape index (κ1) is 21.4. The molecule has 0 radical (unpaired) electrons. The summed E-state index contributed by atoms with van der Waals surface area (Å²) in [6.45, 7) is 8.69. The standard InChI is InChI=1S/C23H25N3O3S/c1-6-11-26-15(2)12-19(16(26)3)20-14-30-23(24-20)25-22(27)10-7-17-13-18(28-4)8-9-21(17)29-5/h6-10,12-14H,1,11H2,2-5H3,(H,24,25,27)/b10-7+. The lowest BCUT2D eigenvalue weighted by Crippen LogP contribution is -2.07. The van der Waals surface area contributed by atoms with Gasteiger partial charge in [-0.05, 0) is 44.2 Å². The summed E-state index contributed by atoms with van der Waals surface area (Å²) in [7, 11) is 3.18.